The van der Waals surface area contributed by atoms with Gasteiger partial charge in [-0.25, -0.2) is 0 Å². The third kappa shape index (κ3) is 2.44. The van der Waals surface area contributed by atoms with Gasteiger partial charge in [0, 0.05) is 0 Å². The summed E-state index contributed by atoms with van der Waals surface area (Å²) in [7, 11) is 2.21. The molecule has 1 saturated carbocycles. The van der Waals surface area contributed by atoms with Crippen LogP contribution in [0.5, 0.6) is 0 Å². The van der Waals surface area contributed by atoms with Crippen LogP contribution in [0.1, 0.15) is 12.8 Å². The molecule has 2 fully saturated rings. The van der Waals surface area contributed by atoms with Crippen molar-refractivity contribution < 1.29 is 0 Å². The zero-order chi connectivity index (χ0) is 11.8. The van der Waals surface area contributed by atoms with Crippen molar-refractivity contribution in [2.24, 2.45) is 4.99 Å². The second-order valence-corrected chi connectivity index (χ2v) is 6.30. The molecule has 2 heterocycles. The van der Waals surface area contributed by atoms with Crippen molar-refractivity contribution in [2.45, 2.75) is 25.0 Å². The SMILES string of the molecule is CN1CCN(C2C=CN=C([AsH2])N2C2CC2)CC1. The van der Waals surface area contributed by atoms with E-state index in [1.807, 2.05) is 6.20 Å². The van der Waals surface area contributed by atoms with Crippen molar-refractivity contribution in [3.8, 4) is 0 Å². The van der Waals surface area contributed by atoms with Crippen LogP contribution in [0.25, 0.3) is 0 Å². The zero-order valence-electron chi connectivity index (χ0n) is 10.4. The summed E-state index contributed by atoms with van der Waals surface area (Å²) in [6.45, 7) is 4.72. The monoisotopic (exact) mass is 296 g/mol. The minimum atomic E-state index is 0.468. The molecular weight excluding hydrogens is 275 g/mol. The molecule has 3 aliphatic rings. The van der Waals surface area contributed by atoms with Gasteiger partial charge in [-0.05, 0) is 0 Å². The van der Waals surface area contributed by atoms with Gasteiger partial charge in [-0.1, -0.05) is 0 Å². The molecule has 3 rings (SSSR count). The first-order chi connectivity index (χ1) is 8.25. The molecule has 17 heavy (non-hydrogen) atoms. The molecule has 0 aromatic heterocycles. The molecular formula is C12H21AsN4. The molecule has 5 heteroatoms. The Morgan fingerprint density at radius 3 is 2.59 bits per heavy atom. The number of likely N-dealkylation sites (N-methyl/N-ethyl adjacent to an activating group) is 1. The van der Waals surface area contributed by atoms with Crippen LogP contribution in [0, 0.1) is 0 Å². The normalized spacial score (nSPS) is 31.8. The Morgan fingerprint density at radius 1 is 1.24 bits per heavy atom. The minimum absolute atomic E-state index is 0.468. The van der Waals surface area contributed by atoms with Crippen LogP contribution in [-0.2, 0) is 0 Å². The van der Waals surface area contributed by atoms with Gasteiger partial charge in [-0.3, -0.25) is 0 Å². The molecule has 4 nitrogen and oxygen atoms in total. The summed E-state index contributed by atoms with van der Waals surface area (Å²) in [6.07, 6.45) is 7.43. The second kappa shape index (κ2) is 4.75. The topological polar surface area (TPSA) is 22.1 Å². The van der Waals surface area contributed by atoms with Crippen LogP contribution in [0.4, 0.5) is 0 Å². The van der Waals surface area contributed by atoms with E-state index in [2.05, 4.69) is 32.8 Å². The fourth-order valence-electron chi connectivity index (χ4n) is 2.63. The third-order valence-corrected chi connectivity index (χ3v) is 4.81. The van der Waals surface area contributed by atoms with Crippen LogP contribution in [-0.4, -0.2) is 81.6 Å². The predicted molar refractivity (Wildman–Crippen MR) is 72.8 cm³/mol. The Bertz CT molecular complexity index is 342. The molecule has 0 radical (unpaired) electrons. The molecule has 2 aliphatic heterocycles. The summed E-state index contributed by atoms with van der Waals surface area (Å²) >= 11 is 1.66. The summed E-state index contributed by atoms with van der Waals surface area (Å²) in [5, 5.41) is 0. The summed E-state index contributed by atoms with van der Waals surface area (Å²) in [5.74, 6) is 0. The number of piperazine rings is 1. The Labute approximate surface area is 112 Å². The number of rotatable bonds is 2. The summed E-state index contributed by atoms with van der Waals surface area (Å²) in [6, 6.07) is 0.759. The first-order valence-electron chi connectivity index (χ1n) is 6.46. The van der Waals surface area contributed by atoms with Gasteiger partial charge >= 0.3 is 112 Å². The van der Waals surface area contributed by atoms with E-state index in [4.69, 9.17) is 0 Å². The van der Waals surface area contributed by atoms with Gasteiger partial charge < -0.3 is 0 Å². The predicted octanol–water partition coefficient (Wildman–Crippen LogP) is -0.459. The Morgan fingerprint density at radius 2 is 1.94 bits per heavy atom. The van der Waals surface area contributed by atoms with E-state index in [1.165, 1.54) is 43.6 Å². The van der Waals surface area contributed by atoms with Crippen LogP contribution in [0.15, 0.2) is 17.3 Å². The van der Waals surface area contributed by atoms with Gasteiger partial charge in [-0.15, -0.1) is 0 Å². The molecule has 1 saturated heterocycles. The van der Waals surface area contributed by atoms with E-state index >= 15 is 0 Å². The molecule has 0 aromatic carbocycles. The number of amidine groups is 1. The van der Waals surface area contributed by atoms with Crippen molar-refractivity contribution in [1.29, 1.82) is 0 Å². The Kier molecular flexibility index (Phi) is 3.29. The zero-order valence-corrected chi connectivity index (χ0v) is 12.8. The average Bonchev–Trinajstić information content (AvgIpc) is 3.14. The standard InChI is InChI=1S/C12H21AsN4/c1-15-6-8-16(9-7-15)11-4-5-14-12(13)17(11)10-2-3-10/h4-5,10-11H,2-3,6-9,13H2,1H3. The van der Waals surface area contributed by atoms with E-state index in [-0.39, 0.29) is 0 Å². The van der Waals surface area contributed by atoms with Gasteiger partial charge in [0.2, 0.25) is 0 Å². The first kappa shape index (κ1) is 11.8. The maximum atomic E-state index is 4.49. The maximum absolute atomic E-state index is 4.49. The van der Waals surface area contributed by atoms with Crippen molar-refractivity contribution in [3.05, 3.63) is 12.3 Å². The van der Waals surface area contributed by atoms with Crippen molar-refractivity contribution in [2.75, 3.05) is 33.2 Å². The third-order valence-electron chi connectivity index (χ3n) is 3.87. The second-order valence-electron chi connectivity index (χ2n) is 5.22. The molecule has 2 atom stereocenters. The fourth-order valence-corrected chi connectivity index (χ4v) is 3.57. The number of hydrogen-bond acceptors (Lipinski definition) is 4. The van der Waals surface area contributed by atoms with Crippen LogP contribution in [0.3, 0.4) is 0 Å². The van der Waals surface area contributed by atoms with Crippen LogP contribution >= 0.6 is 0 Å². The first-order valence-corrected chi connectivity index (χ1v) is 7.68. The van der Waals surface area contributed by atoms with Crippen molar-refractivity contribution in [3.63, 3.8) is 0 Å². The number of aliphatic imine (C=N–C) groups is 1. The van der Waals surface area contributed by atoms with E-state index < -0.39 is 0 Å². The average molecular weight is 296 g/mol. The van der Waals surface area contributed by atoms with Gasteiger partial charge in [0.05, 0.1) is 0 Å². The molecule has 0 N–H and O–H groups in total. The van der Waals surface area contributed by atoms with Gasteiger partial charge in [-0.2, -0.15) is 0 Å². The van der Waals surface area contributed by atoms with E-state index in [0.29, 0.717) is 6.17 Å². The molecule has 94 valence electrons. The van der Waals surface area contributed by atoms with Crippen molar-refractivity contribution >= 4 is 21.5 Å². The summed E-state index contributed by atoms with van der Waals surface area (Å²) in [4.78, 5) is 12.0. The molecule has 0 spiro atoms. The van der Waals surface area contributed by atoms with Gasteiger partial charge in [0.15, 0.2) is 0 Å². The Hall–Kier alpha value is -0.312. The van der Waals surface area contributed by atoms with Crippen LogP contribution in [0.2, 0.25) is 0 Å². The number of hydrogen-bond donors (Lipinski definition) is 0. The molecule has 0 amide bonds. The van der Waals surface area contributed by atoms with Crippen molar-refractivity contribution in [1.82, 2.24) is 14.7 Å². The molecule has 0 bridgehead atoms. The van der Waals surface area contributed by atoms with Crippen LogP contribution < -0.4 is 0 Å². The van der Waals surface area contributed by atoms with E-state index in [1.54, 1.807) is 16.9 Å². The van der Waals surface area contributed by atoms with Gasteiger partial charge in [0.25, 0.3) is 0 Å². The molecule has 0 aromatic rings. The summed E-state index contributed by atoms with van der Waals surface area (Å²) < 4.78 is 1.26. The van der Waals surface area contributed by atoms with E-state index in [9.17, 15) is 0 Å². The molecule has 1 aliphatic carbocycles. The molecule has 2 unspecified atom stereocenters. The summed E-state index contributed by atoms with van der Waals surface area (Å²) in [5.41, 5.74) is 0. The fraction of sp³-hybridized carbons (Fsp3) is 0.750. The van der Waals surface area contributed by atoms with Gasteiger partial charge in [0.1, 0.15) is 0 Å². The van der Waals surface area contributed by atoms with E-state index in [0.717, 1.165) is 6.04 Å². The Balaban J connectivity index is 1.72. The quantitative estimate of drug-likeness (QED) is 0.644. The number of nitrogens with zero attached hydrogens (tertiary/aromatic N) is 4.